The molecule has 0 amide bonds. The molecule has 0 unspecified atom stereocenters. The molecule has 4 fully saturated rings. The molecule has 0 aromatic heterocycles. The van der Waals surface area contributed by atoms with Gasteiger partial charge in [0.2, 0.25) is 5.12 Å². The monoisotopic (exact) mass is 697 g/mol. The molecule has 2 N–H and O–H groups in total. The molecule has 3 saturated carbocycles. The molecule has 0 spiro atoms. The summed E-state index contributed by atoms with van der Waals surface area (Å²) in [7, 11) is 0. The van der Waals surface area contributed by atoms with Crippen LogP contribution in [0.1, 0.15) is 77.4 Å². The third kappa shape index (κ3) is 5.26. The van der Waals surface area contributed by atoms with E-state index in [1.165, 1.54) is 19.1 Å². The molecule has 0 radical (unpaired) electrons. The minimum absolute atomic E-state index is 0. The molecule has 2 aromatic rings. The molecule has 6 nitrogen and oxygen atoms in total. The number of hydrogen-bond acceptors (Lipinski definition) is 7. The highest BCUT2D eigenvalue weighted by Crippen LogP contribution is 2.73. The summed E-state index contributed by atoms with van der Waals surface area (Å²) in [5.74, 6) is -2.04. The van der Waals surface area contributed by atoms with Gasteiger partial charge in [0.25, 0.3) is 0 Å². The fourth-order valence-corrected chi connectivity index (χ4v) is 10.5. The number of allylic oxidation sites excluding steroid dienone is 4. The number of rotatable bonds is 7. The number of carbonyl (C=O) groups is 2. The number of hydrogen-bond donors (Lipinski definition) is 2. The number of alkyl halides is 3. The summed E-state index contributed by atoms with van der Waals surface area (Å²) in [5, 5.41) is 14.6. The zero-order chi connectivity index (χ0) is 34.2. The number of anilines is 1. The summed E-state index contributed by atoms with van der Waals surface area (Å²) < 4.78 is 60.4. The normalized spacial score (nSPS) is 39.0. The third-order valence-corrected chi connectivity index (χ3v) is 12.6. The Morgan fingerprint density at radius 1 is 1.10 bits per heavy atom. The van der Waals surface area contributed by atoms with Gasteiger partial charge in [-0.25, -0.2) is 13.2 Å². The number of halogens is 3. The van der Waals surface area contributed by atoms with E-state index in [0.29, 0.717) is 29.8 Å². The molecule has 2 aromatic carbocycles. The fourth-order valence-electron chi connectivity index (χ4n) is 9.74. The van der Waals surface area contributed by atoms with Gasteiger partial charge in [0, 0.05) is 34.0 Å². The number of ketones is 1. The highest BCUT2D eigenvalue weighted by Gasteiger charge is 2.80. The Labute approximate surface area is 290 Å². The van der Waals surface area contributed by atoms with Crippen LogP contribution in [-0.2, 0) is 25.5 Å². The van der Waals surface area contributed by atoms with Gasteiger partial charge in [-0.15, -0.1) is 0 Å². The molecule has 7 rings (SSSR count). The van der Waals surface area contributed by atoms with E-state index in [1.54, 1.807) is 6.92 Å². The number of carbonyl (C=O) groups excluding carboxylic acids is 2. The van der Waals surface area contributed by atoms with Gasteiger partial charge >= 0.3 is 0 Å². The summed E-state index contributed by atoms with van der Waals surface area (Å²) in [6, 6.07) is 15.3. The van der Waals surface area contributed by atoms with Crippen LogP contribution >= 0.6 is 11.8 Å². The Kier molecular flexibility index (Phi) is 9.30. The molecule has 49 heavy (non-hydrogen) atoms. The topological polar surface area (TPSA) is 84.9 Å². The molecular weight excluding hydrogens is 651 g/mol. The van der Waals surface area contributed by atoms with Crippen molar-refractivity contribution in [3.63, 3.8) is 0 Å². The molecule has 10 atom stereocenters. The number of aliphatic hydroxyl groups is 1. The van der Waals surface area contributed by atoms with Gasteiger partial charge in [0.1, 0.15) is 12.2 Å². The van der Waals surface area contributed by atoms with E-state index in [1.807, 2.05) is 36.4 Å². The van der Waals surface area contributed by atoms with E-state index < -0.39 is 75.5 Å². The lowest BCUT2D eigenvalue weighted by atomic mass is 9.44. The van der Waals surface area contributed by atoms with Crippen LogP contribution in [-0.4, -0.2) is 57.7 Å². The van der Waals surface area contributed by atoms with Crippen molar-refractivity contribution in [1.82, 2.24) is 0 Å². The van der Waals surface area contributed by atoms with E-state index in [9.17, 15) is 19.1 Å². The predicted octanol–water partition coefficient (Wildman–Crippen LogP) is 8.00. The fraction of sp³-hybridized carbons (Fsp3) is 0.538. The van der Waals surface area contributed by atoms with Crippen molar-refractivity contribution in [2.45, 2.75) is 103 Å². The first-order valence-corrected chi connectivity index (χ1v) is 17.7. The largest absolute Gasteiger partial charge is 0.390 e. The first-order chi connectivity index (χ1) is 22.8. The average Bonchev–Trinajstić information content (AvgIpc) is 3.53. The lowest BCUT2D eigenvalue weighted by molar-refractivity contribution is -0.232. The van der Waals surface area contributed by atoms with Crippen LogP contribution in [0.25, 0.3) is 0 Å². The maximum atomic E-state index is 17.6. The van der Waals surface area contributed by atoms with Crippen molar-refractivity contribution in [2.24, 2.45) is 22.7 Å². The Morgan fingerprint density at radius 2 is 1.84 bits per heavy atom. The molecule has 5 aliphatic rings. The minimum atomic E-state index is -2.31. The Morgan fingerprint density at radius 3 is 2.53 bits per heavy atom. The molecule has 1 saturated heterocycles. The molecule has 264 valence electrons. The van der Waals surface area contributed by atoms with E-state index >= 15 is 8.78 Å². The van der Waals surface area contributed by atoms with E-state index in [2.05, 4.69) is 31.3 Å². The number of ether oxygens (including phenoxy) is 2. The molecule has 0 bridgehead atoms. The smallest absolute Gasteiger partial charge is 0.226 e. The molecule has 10 heteroatoms. The number of thioether (sulfide) groups is 1. The summed E-state index contributed by atoms with van der Waals surface area (Å²) in [6.45, 7) is 7.49. The van der Waals surface area contributed by atoms with Crippen LogP contribution in [0, 0.1) is 22.7 Å². The Balaban J connectivity index is 0.00000417. The average molecular weight is 698 g/mol. The van der Waals surface area contributed by atoms with Crippen LogP contribution < -0.4 is 5.32 Å². The van der Waals surface area contributed by atoms with Crippen LogP contribution in [0.5, 0.6) is 0 Å². The summed E-state index contributed by atoms with van der Waals surface area (Å²) >= 11 is 0.481. The summed E-state index contributed by atoms with van der Waals surface area (Å²) in [6.07, 6.45) is -0.815. The van der Waals surface area contributed by atoms with Crippen LogP contribution in [0.3, 0.4) is 0 Å². The molecule has 1 heterocycles. The number of aliphatic hydroxyl groups excluding tert-OH is 1. The lowest BCUT2D eigenvalue weighted by Crippen LogP contribution is -2.70. The SMILES string of the molecule is C.CC(C)Nc1cccc(Cc2ccc([C@@H]3O[C@@H]4C[C@H]5[C@@H]6C[C@H](F)C7=CC(=O)C=C[C@]7(C)[C@@]6(F)[C@@H](O)C[C@]5(C)[C@]4(C(=O)SCF)O3)cc2)c1. The van der Waals surface area contributed by atoms with Gasteiger partial charge < -0.3 is 19.9 Å². The van der Waals surface area contributed by atoms with Crippen LogP contribution in [0.2, 0.25) is 0 Å². The molecule has 4 aliphatic carbocycles. The van der Waals surface area contributed by atoms with Crippen molar-refractivity contribution < 1.29 is 37.3 Å². The maximum Gasteiger partial charge on any atom is 0.226 e. The molecular formula is C39H46F3NO5S. The van der Waals surface area contributed by atoms with Gasteiger partial charge in [-0.3, -0.25) is 9.59 Å². The van der Waals surface area contributed by atoms with Crippen molar-refractivity contribution in [2.75, 3.05) is 11.3 Å². The Bertz CT molecular complexity index is 1680. The van der Waals surface area contributed by atoms with Gasteiger partial charge in [-0.1, -0.05) is 68.6 Å². The second-order valence-corrected chi connectivity index (χ2v) is 15.7. The number of nitrogens with one attached hydrogen (secondary N) is 1. The lowest BCUT2D eigenvalue weighted by Gasteiger charge is -2.63. The van der Waals surface area contributed by atoms with Crippen molar-refractivity contribution >= 4 is 28.3 Å². The molecule has 1 aliphatic heterocycles. The first kappa shape index (κ1) is 35.9. The third-order valence-electron chi connectivity index (χ3n) is 11.9. The quantitative estimate of drug-likeness (QED) is 0.303. The maximum absolute atomic E-state index is 17.6. The Hall–Kier alpha value is -2.92. The van der Waals surface area contributed by atoms with E-state index in [-0.39, 0.29) is 32.3 Å². The first-order valence-electron chi connectivity index (χ1n) is 16.7. The number of fused-ring (bicyclic) bond motifs is 7. The highest BCUT2D eigenvalue weighted by molar-refractivity contribution is 8.13. The highest BCUT2D eigenvalue weighted by atomic mass is 32.2. The zero-order valence-electron chi connectivity index (χ0n) is 27.6. The van der Waals surface area contributed by atoms with E-state index in [4.69, 9.17) is 9.47 Å². The van der Waals surface area contributed by atoms with E-state index in [0.717, 1.165) is 22.9 Å². The summed E-state index contributed by atoms with van der Waals surface area (Å²) in [5.41, 5.74) is -2.76. The predicted molar refractivity (Wildman–Crippen MR) is 185 cm³/mol. The number of benzene rings is 2. The standard InChI is InChI=1S/C38H42F3NO5S.CH4/c1-21(2)42-25-7-5-6-23(15-25)14-22-8-10-24(11-9-22)33-46-32-18-27-28-17-30(40)29-16-26(43)12-13-35(29,3)37(28,41)31(44)19-36(27,4)38(32,47-33)34(45)48-20-39;/h5-13,15-16,21,27-28,30-33,42,44H,14,17-20H2,1-4H3;1H4/t27-,28-,30-,31-,32+,33+,35-,36-,37-,38-;/m0./s1. The second kappa shape index (κ2) is 12.7. The zero-order valence-corrected chi connectivity index (χ0v) is 28.4. The van der Waals surface area contributed by atoms with Gasteiger partial charge in [-0.05, 0) is 93.4 Å². The van der Waals surface area contributed by atoms with Gasteiger partial charge in [0.15, 0.2) is 23.3 Å². The van der Waals surface area contributed by atoms with Gasteiger partial charge in [-0.2, -0.15) is 0 Å². The van der Waals surface area contributed by atoms with Crippen molar-refractivity contribution in [3.8, 4) is 0 Å². The van der Waals surface area contributed by atoms with Crippen molar-refractivity contribution in [3.05, 3.63) is 89.0 Å². The van der Waals surface area contributed by atoms with Crippen molar-refractivity contribution in [1.29, 1.82) is 0 Å². The summed E-state index contributed by atoms with van der Waals surface area (Å²) in [4.78, 5) is 26.1. The van der Waals surface area contributed by atoms with Crippen LogP contribution in [0.15, 0.2) is 72.3 Å². The van der Waals surface area contributed by atoms with Gasteiger partial charge in [0.05, 0.1) is 12.2 Å². The van der Waals surface area contributed by atoms with Crippen LogP contribution in [0.4, 0.5) is 18.9 Å². The minimum Gasteiger partial charge on any atom is -0.390 e. The second-order valence-electron chi connectivity index (χ2n) is 14.9.